The van der Waals surface area contributed by atoms with Crippen molar-refractivity contribution in [3.63, 3.8) is 0 Å². The van der Waals surface area contributed by atoms with Crippen molar-refractivity contribution in [2.24, 2.45) is 0 Å². The van der Waals surface area contributed by atoms with Crippen molar-refractivity contribution in [2.45, 2.75) is 13.0 Å². The van der Waals surface area contributed by atoms with Crippen LogP contribution < -0.4 is 9.64 Å². The van der Waals surface area contributed by atoms with Crippen molar-refractivity contribution in [3.05, 3.63) is 59.9 Å². The summed E-state index contributed by atoms with van der Waals surface area (Å²) in [5.74, 6) is -0.160. The molecule has 2 aromatic rings. The van der Waals surface area contributed by atoms with Crippen LogP contribution in [0.25, 0.3) is 0 Å². The van der Waals surface area contributed by atoms with Gasteiger partial charge in [0, 0.05) is 30.4 Å². The Bertz CT molecular complexity index is 792. The number of hydrogen-bond acceptors (Lipinski definition) is 3. The highest BCUT2D eigenvalue weighted by Gasteiger charge is 2.35. The highest BCUT2D eigenvalue weighted by atomic mass is 19.1. The van der Waals surface area contributed by atoms with Gasteiger partial charge in [-0.05, 0) is 43.3 Å². The zero-order chi connectivity index (χ0) is 18.0. The summed E-state index contributed by atoms with van der Waals surface area (Å²) < 4.78 is 18.2. The highest BCUT2D eigenvalue weighted by Crippen LogP contribution is 2.25. The lowest BCUT2D eigenvalue weighted by Crippen LogP contribution is -2.57. The molecule has 0 aliphatic carbocycles. The minimum absolute atomic E-state index is 0.157. The van der Waals surface area contributed by atoms with E-state index >= 15 is 0 Å². The maximum atomic E-state index is 13.0. The van der Waals surface area contributed by atoms with Gasteiger partial charge in [0.1, 0.15) is 17.6 Å². The molecule has 6 heteroatoms. The molecule has 0 radical (unpaired) electrons. The van der Waals surface area contributed by atoms with Crippen LogP contribution >= 0.6 is 0 Å². The van der Waals surface area contributed by atoms with Gasteiger partial charge in [-0.15, -0.1) is 0 Å². The van der Waals surface area contributed by atoms with E-state index in [0.717, 1.165) is 5.69 Å². The number of nitrogens with zero attached hydrogens (tertiary/aromatic N) is 2. The summed E-state index contributed by atoms with van der Waals surface area (Å²) in [6.45, 7) is 2.50. The Labute approximate surface area is 145 Å². The summed E-state index contributed by atoms with van der Waals surface area (Å²) in [6.07, 6.45) is 0. The van der Waals surface area contributed by atoms with Crippen molar-refractivity contribution < 1.29 is 18.7 Å². The topological polar surface area (TPSA) is 49.9 Å². The molecule has 0 unspecified atom stereocenters. The van der Waals surface area contributed by atoms with Gasteiger partial charge in [0.15, 0.2) is 0 Å². The molecule has 25 heavy (non-hydrogen) atoms. The van der Waals surface area contributed by atoms with Crippen LogP contribution in [-0.4, -0.2) is 43.0 Å². The number of carbonyl (C=O) groups excluding carboxylic acids is 2. The van der Waals surface area contributed by atoms with E-state index in [4.69, 9.17) is 4.74 Å². The average Bonchev–Trinajstić information content (AvgIpc) is 2.64. The molecular formula is C19H19FN2O3. The van der Waals surface area contributed by atoms with Crippen molar-refractivity contribution in [3.8, 4) is 5.75 Å². The Hall–Kier alpha value is -2.89. The number of hydrogen-bond donors (Lipinski definition) is 0. The Morgan fingerprint density at radius 3 is 2.56 bits per heavy atom. The van der Waals surface area contributed by atoms with Crippen molar-refractivity contribution in [2.75, 3.05) is 25.1 Å². The third kappa shape index (κ3) is 3.33. The summed E-state index contributed by atoms with van der Waals surface area (Å²) >= 11 is 0. The zero-order valence-electron chi connectivity index (χ0n) is 14.1. The third-order valence-electron chi connectivity index (χ3n) is 4.37. The van der Waals surface area contributed by atoms with Gasteiger partial charge >= 0.3 is 0 Å². The molecule has 1 fully saturated rings. The summed E-state index contributed by atoms with van der Waals surface area (Å²) in [5, 5.41) is 0. The molecule has 0 aromatic heterocycles. The van der Waals surface area contributed by atoms with Crippen LogP contribution in [-0.2, 0) is 4.79 Å². The fourth-order valence-corrected chi connectivity index (χ4v) is 2.94. The number of ether oxygens (including phenoxy) is 1. The quantitative estimate of drug-likeness (QED) is 0.862. The molecule has 2 amide bonds. The van der Waals surface area contributed by atoms with Gasteiger partial charge < -0.3 is 14.5 Å². The van der Waals surface area contributed by atoms with E-state index in [2.05, 4.69) is 0 Å². The molecule has 3 rings (SSSR count). The fourth-order valence-electron chi connectivity index (χ4n) is 2.94. The van der Waals surface area contributed by atoms with Crippen molar-refractivity contribution in [1.82, 2.24) is 4.90 Å². The van der Waals surface area contributed by atoms with Gasteiger partial charge in [-0.1, -0.05) is 6.07 Å². The molecule has 1 atom stereocenters. The second kappa shape index (κ2) is 6.93. The molecule has 0 saturated carbocycles. The number of anilines is 1. The molecule has 5 nitrogen and oxygen atoms in total. The Morgan fingerprint density at radius 2 is 1.88 bits per heavy atom. The fraction of sp³-hybridized carbons (Fsp3) is 0.263. The van der Waals surface area contributed by atoms with Gasteiger partial charge in [-0.3, -0.25) is 9.59 Å². The van der Waals surface area contributed by atoms with Crippen LogP contribution in [0.5, 0.6) is 5.75 Å². The first-order valence-corrected chi connectivity index (χ1v) is 8.03. The first kappa shape index (κ1) is 17.0. The van der Waals surface area contributed by atoms with Gasteiger partial charge in [0.05, 0.1) is 7.11 Å². The van der Waals surface area contributed by atoms with E-state index in [1.54, 1.807) is 25.0 Å². The lowest BCUT2D eigenvalue weighted by molar-refractivity contribution is -0.124. The minimum Gasteiger partial charge on any atom is -0.497 e. The lowest BCUT2D eigenvalue weighted by Gasteiger charge is -2.39. The molecule has 1 aliphatic heterocycles. The average molecular weight is 342 g/mol. The summed E-state index contributed by atoms with van der Waals surface area (Å²) in [7, 11) is 1.57. The summed E-state index contributed by atoms with van der Waals surface area (Å²) in [6, 6.07) is 12.0. The molecular weight excluding hydrogens is 323 g/mol. The lowest BCUT2D eigenvalue weighted by atomic mass is 10.1. The van der Waals surface area contributed by atoms with Gasteiger partial charge in [0.2, 0.25) is 5.91 Å². The predicted octanol–water partition coefficient (Wildman–Crippen LogP) is 2.71. The van der Waals surface area contributed by atoms with E-state index in [9.17, 15) is 14.0 Å². The van der Waals surface area contributed by atoms with E-state index in [-0.39, 0.29) is 11.8 Å². The number of carbonyl (C=O) groups is 2. The standard InChI is InChI=1S/C19H19FN2O3/c1-13-18(23)22(16-4-3-5-17(12-16)25-2)11-10-21(13)19(24)14-6-8-15(20)9-7-14/h3-9,12-13H,10-11H2,1-2H3/t13-/m0/s1. The van der Waals surface area contributed by atoms with Gasteiger partial charge in [0.25, 0.3) is 5.91 Å². The Kier molecular flexibility index (Phi) is 4.70. The summed E-state index contributed by atoms with van der Waals surface area (Å²) in [4.78, 5) is 28.6. The predicted molar refractivity (Wildman–Crippen MR) is 92.2 cm³/mol. The van der Waals surface area contributed by atoms with Crippen LogP contribution in [0.15, 0.2) is 48.5 Å². The monoisotopic (exact) mass is 342 g/mol. The SMILES string of the molecule is COc1cccc(N2CCN(C(=O)c3ccc(F)cc3)[C@@H](C)C2=O)c1. The zero-order valence-corrected chi connectivity index (χ0v) is 14.1. The van der Waals surface area contributed by atoms with Crippen molar-refractivity contribution in [1.29, 1.82) is 0 Å². The van der Waals surface area contributed by atoms with E-state index in [0.29, 0.717) is 24.4 Å². The Balaban J connectivity index is 1.79. The molecule has 1 saturated heterocycles. The first-order valence-electron chi connectivity index (χ1n) is 8.03. The Morgan fingerprint density at radius 1 is 1.16 bits per heavy atom. The maximum absolute atomic E-state index is 13.0. The van der Waals surface area contributed by atoms with Gasteiger partial charge in [-0.2, -0.15) is 0 Å². The number of methoxy groups -OCH3 is 1. The second-order valence-electron chi connectivity index (χ2n) is 5.87. The van der Waals surface area contributed by atoms with E-state index in [1.807, 2.05) is 18.2 Å². The molecule has 130 valence electrons. The smallest absolute Gasteiger partial charge is 0.254 e. The highest BCUT2D eigenvalue weighted by molar-refractivity contribution is 6.03. The number of amides is 2. The summed E-state index contributed by atoms with van der Waals surface area (Å²) in [5.41, 5.74) is 1.11. The molecule has 0 spiro atoms. The minimum atomic E-state index is -0.600. The molecule has 2 aromatic carbocycles. The molecule has 0 N–H and O–H groups in total. The number of benzene rings is 2. The van der Waals surface area contributed by atoms with Crippen molar-refractivity contribution >= 4 is 17.5 Å². The number of rotatable bonds is 3. The van der Waals surface area contributed by atoms with E-state index in [1.165, 1.54) is 29.2 Å². The third-order valence-corrected chi connectivity index (χ3v) is 4.37. The maximum Gasteiger partial charge on any atom is 0.254 e. The van der Waals surface area contributed by atoms with Crippen LogP contribution in [0.3, 0.4) is 0 Å². The molecule has 1 aliphatic rings. The van der Waals surface area contributed by atoms with Crippen LogP contribution in [0.4, 0.5) is 10.1 Å². The normalized spacial score (nSPS) is 17.6. The van der Waals surface area contributed by atoms with Crippen LogP contribution in [0.2, 0.25) is 0 Å². The van der Waals surface area contributed by atoms with Crippen LogP contribution in [0.1, 0.15) is 17.3 Å². The second-order valence-corrected chi connectivity index (χ2v) is 5.87. The largest absolute Gasteiger partial charge is 0.497 e. The molecule has 0 bridgehead atoms. The number of halogens is 1. The van der Waals surface area contributed by atoms with E-state index < -0.39 is 11.9 Å². The van der Waals surface area contributed by atoms with Crippen LogP contribution in [0, 0.1) is 5.82 Å². The van der Waals surface area contributed by atoms with Gasteiger partial charge in [-0.25, -0.2) is 4.39 Å². The first-order chi connectivity index (χ1) is 12.0. The molecule has 1 heterocycles. The number of piperazine rings is 1.